The van der Waals surface area contributed by atoms with Crippen molar-refractivity contribution in [1.29, 1.82) is 0 Å². The summed E-state index contributed by atoms with van der Waals surface area (Å²) in [5.41, 5.74) is 4.00. The maximum Gasteiger partial charge on any atom is 0.231 e. The van der Waals surface area contributed by atoms with Crippen molar-refractivity contribution in [3.05, 3.63) is 94.2 Å². The highest BCUT2D eigenvalue weighted by Gasteiger charge is 2.28. The Hall–Kier alpha value is -3.86. The van der Waals surface area contributed by atoms with Crippen molar-refractivity contribution in [2.75, 3.05) is 13.7 Å². The first-order valence-electron chi connectivity index (χ1n) is 9.91. The van der Waals surface area contributed by atoms with Crippen LogP contribution in [-0.4, -0.2) is 25.3 Å². The van der Waals surface area contributed by atoms with Gasteiger partial charge in [0.15, 0.2) is 18.1 Å². The molecule has 0 unspecified atom stereocenters. The number of methoxy groups -OCH3 is 1. The van der Waals surface area contributed by atoms with Gasteiger partial charge < -0.3 is 14.2 Å². The fourth-order valence-corrected chi connectivity index (χ4v) is 3.33. The summed E-state index contributed by atoms with van der Waals surface area (Å²) in [6.45, 7) is 3.87. The average molecular weight is 414 g/mol. The quantitative estimate of drug-likeness (QED) is 0.410. The third-order valence-electron chi connectivity index (χ3n) is 5.27. The molecular formula is C26H22O5. The molecule has 0 N–H and O–H groups in total. The van der Waals surface area contributed by atoms with Gasteiger partial charge in [0.05, 0.1) is 12.7 Å². The Kier molecular flexibility index (Phi) is 5.58. The van der Waals surface area contributed by atoms with Crippen LogP contribution in [0.3, 0.4) is 0 Å². The van der Waals surface area contributed by atoms with Crippen molar-refractivity contribution in [3.8, 4) is 17.2 Å². The number of ketones is 2. The number of fused-ring (bicyclic) bond motifs is 1. The van der Waals surface area contributed by atoms with Crippen LogP contribution in [0.4, 0.5) is 0 Å². The van der Waals surface area contributed by atoms with Gasteiger partial charge in [0.1, 0.15) is 17.2 Å². The van der Waals surface area contributed by atoms with Crippen molar-refractivity contribution in [1.82, 2.24) is 0 Å². The number of carbonyl (C=O) groups excluding carboxylic acids is 2. The van der Waals surface area contributed by atoms with Crippen molar-refractivity contribution < 1.29 is 23.8 Å². The Bertz CT molecular complexity index is 1210. The molecule has 0 radical (unpaired) electrons. The SMILES string of the molecule is COc1ccccc1/C=C1\Oc2cc(OCC(=O)c3ccc(C)c(C)c3)ccc2C1=O. The van der Waals surface area contributed by atoms with Crippen LogP contribution in [0, 0.1) is 13.8 Å². The Balaban J connectivity index is 1.49. The predicted molar refractivity (Wildman–Crippen MR) is 118 cm³/mol. The minimum atomic E-state index is -0.210. The number of hydrogen-bond donors (Lipinski definition) is 0. The molecule has 0 atom stereocenters. The highest BCUT2D eigenvalue weighted by atomic mass is 16.5. The molecule has 5 heteroatoms. The molecule has 4 rings (SSSR count). The zero-order valence-electron chi connectivity index (χ0n) is 17.6. The van der Waals surface area contributed by atoms with Gasteiger partial charge in [0.25, 0.3) is 0 Å². The molecule has 0 spiro atoms. The van der Waals surface area contributed by atoms with E-state index in [9.17, 15) is 9.59 Å². The van der Waals surface area contributed by atoms with Crippen LogP contribution in [0.25, 0.3) is 6.08 Å². The van der Waals surface area contributed by atoms with E-state index in [-0.39, 0.29) is 23.9 Å². The molecule has 0 saturated heterocycles. The van der Waals surface area contributed by atoms with E-state index in [2.05, 4.69) is 0 Å². The van der Waals surface area contributed by atoms with Crippen LogP contribution in [0.15, 0.2) is 66.4 Å². The summed E-state index contributed by atoms with van der Waals surface area (Å²) in [5.74, 6) is 1.40. The number of allylic oxidation sites excluding steroid dienone is 1. The van der Waals surface area contributed by atoms with Crippen molar-refractivity contribution in [2.45, 2.75) is 13.8 Å². The van der Waals surface area contributed by atoms with Gasteiger partial charge in [0.2, 0.25) is 5.78 Å². The largest absolute Gasteiger partial charge is 0.496 e. The Labute approximate surface area is 180 Å². The summed E-state index contributed by atoms with van der Waals surface area (Å²) < 4.78 is 16.8. The van der Waals surface area contributed by atoms with Crippen LogP contribution >= 0.6 is 0 Å². The van der Waals surface area contributed by atoms with Gasteiger partial charge in [-0.05, 0) is 55.3 Å². The molecular weight excluding hydrogens is 392 g/mol. The Morgan fingerprint density at radius 1 is 1.00 bits per heavy atom. The number of Topliss-reactive ketones (excluding diaryl/α,β-unsaturated/α-hetero) is 2. The first-order chi connectivity index (χ1) is 15.0. The van der Waals surface area contributed by atoms with E-state index < -0.39 is 0 Å². The lowest BCUT2D eigenvalue weighted by atomic mass is 10.0. The summed E-state index contributed by atoms with van der Waals surface area (Å²) in [4.78, 5) is 25.1. The molecule has 0 amide bonds. The minimum Gasteiger partial charge on any atom is -0.496 e. The van der Waals surface area contributed by atoms with E-state index in [0.29, 0.717) is 28.4 Å². The van der Waals surface area contributed by atoms with Gasteiger partial charge in [-0.3, -0.25) is 9.59 Å². The molecule has 5 nitrogen and oxygen atoms in total. The molecule has 0 fully saturated rings. The van der Waals surface area contributed by atoms with E-state index in [4.69, 9.17) is 14.2 Å². The first-order valence-corrected chi connectivity index (χ1v) is 9.91. The second-order valence-electron chi connectivity index (χ2n) is 7.35. The van der Waals surface area contributed by atoms with Gasteiger partial charge in [-0.25, -0.2) is 0 Å². The molecule has 1 aliphatic heterocycles. The maximum atomic E-state index is 12.7. The van der Waals surface area contributed by atoms with Crippen LogP contribution in [0.1, 0.15) is 37.4 Å². The number of ether oxygens (including phenoxy) is 3. The van der Waals surface area contributed by atoms with Crippen LogP contribution in [0.5, 0.6) is 17.2 Å². The third-order valence-corrected chi connectivity index (χ3v) is 5.27. The minimum absolute atomic E-state index is 0.0981. The lowest BCUT2D eigenvalue weighted by Gasteiger charge is -2.08. The second kappa shape index (κ2) is 8.48. The van der Waals surface area contributed by atoms with Crippen LogP contribution < -0.4 is 14.2 Å². The monoisotopic (exact) mass is 414 g/mol. The number of hydrogen-bond acceptors (Lipinski definition) is 5. The molecule has 0 bridgehead atoms. The van der Waals surface area contributed by atoms with E-state index in [1.54, 1.807) is 37.5 Å². The van der Waals surface area contributed by atoms with E-state index >= 15 is 0 Å². The highest BCUT2D eigenvalue weighted by Crippen LogP contribution is 2.35. The van der Waals surface area contributed by atoms with Gasteiger partial charge in [-0.15, -0.1) is 0 Å². The van der Waals surface area contributed by atoms with Gasteiger partial charge in [-0.2, -0.15) is 0 Å². The maximum absolute atomic E-state index is 12.7. The zero-order chi connectivity index (χ0) is 22.0. The standard InChI is InChI=1S/C26H22O5/c1-16-8-9-18(12-17(16)2)22(27)15-30-20-10-11-21-24(14-20)31-25(26(21)28)13-19-6-4-5-7-23(19)29-3/h4-14H,15H2,1-3H3/b25-13-. The summed E-state index contributed by atoms with van der Waals surface area (Å²) in [7, 11) is 1.58. The summed E-state index contributed by atoms with van der Waals surface area (Å²) in [5, 5.41) is 0. The molecule has 156 valence electrons. The molecule has 3 aromatic carbocycles. The van der Waals surface area contributed by atoms with Crippen LogP contribution in [0.2, 0.25) is 0 Å². The summed E-state index contributed by atoms with van der Waals surface area (Å²) in [6.07, 6.45) is 1.66. The molecule has 31 heavy (non-hydrogen) atoms. The lowest BCUT2D eigenvalue weighted by Crippen LogP contribution is -2.12. The highest BCUT2D eigenvalue weighted by molar-refractivity contribution is 6.14. The first kappa shape index (κ1) is 20.4. The van der Waals surface area contributed by atoms with Crippen molar-refractivity contribution >= 4 is 17.6 Å². The summed E-state index contributed by atoms with van der Waals surface area (Å²) in [6, 6.07) is 17.9. The summed E-state index contributed by atoms with van der Waals surface area (Å²) >= 11 is 0. The zero-order valence-corrected chi connectivity index (χ0v) is 17.6. The average Bonchev–Trinajstić information content (AvgIpc) is 3.09. The van der Waals surface area contributed by atoms with Gasteiger partial charge in [0, 0.05) is 17.2 Å². The third kappa shape index (κ3) is 4.21. The number of aryl methyl sites for hydroxylation is 2. The number of para-hydroxylation sites is 1. The Morgan fingerprint density at radius 3 is 2.58 bits per heavy atom. The van der Waals surface area contributed by atoms with E-state index in [1.807, 2.05) is 50.2 Å². The smallest absolute Gasteiger partial charge is 0.231 e. The fraction of sp³-hybridized carbons (Fsp3) is 0.154. The molecule has 0 aromatic heterocycles. The Morgan fingerprint density at radius 2 is 1.81 bits per heavy atom. The fourth-order valence-electron chi connectivity index (χ4n) is 3.33. The lowest BCUT2D eigenvalue weighted by molar-refractivity contribution is 0.0920. The van der Waals surface area contributed by atoms with Crippen molar-refractivity contribution in [3.63, 3.8) is 0 Å². The van der Waals surface area contributed by atoms with Crippen molar-refractivity contribution in [2.24, 2.45) is 0 Å². The topological polar surface area (TPSA) is 61.8 Å². The van der Waals surface area contributed by atoms with Gasteiger partial charge >= 0.3 is 0 Å². The molecule has 0 saturated carbocycles. The molecule has 3 aromatic rings. The van der Waals surface area contributed by atoms with E-state index in [0.717, 1.165) is 16.7 Å². The normalized spacial score (nSPS) is 13.6. The van der Waals surface area contributed by atoms with E-state index in [1.165, 1.54) is 0 Å². The van der Waals surface area contributed by atoms with Gasteiger partial charge in [-0.1, -0.05) is 30.3 Å². The predicted octanol–water partition coefficient (Wildman–Crippen LogP) is 5.19. The number of carbonyl (C=O) groups is 2. The molecule has 1 aliphatic rings. The number of rotatable bonds is 6. The molecule has 0 aliphatic carbocycles. The molecule has 1 heterocycles. The van der Waals surface area contributed by atoms with Crippen LogP contribution in [-0.2, 0) is 0 Å². The second-order valence-corrected chi connectivity index (χ2v) is 7.35. The number of benzene rings is 3.